The second kappa shape index (κ2) is 11.7. The number of fused-ring (bicyclic) bond motifs is 1. The Bertz CT molecular complexity index is 1010. The molecule has 1 atom stereocenters. The third kappa shape index (κ3) is 6.93. The van der Waals surface area contributed by atoms with Crippen molar-refractivity contribution in [2.45, 2.75) is 58.5 Å². The van der Waals surface area contributed by atoms with Crippen molar-refractivity contribution >= 4 is 16.8 Å². The summed E-state index contributed by atoms with van der Waals surface area (Å²) in [7, 11) is 0. The van der Waals surface area contributed by atoms with Crippen molar-refractivity contribution in [1.29, 1.82) is 0 Å². The van der Waals surface area contributed by atoms with E-state index in [0.717, 1.165) is 54.2 Å². The highest BCUT2D eigenvalue weighted by atomic mass is 19.1. The van der Waals surface area contributed by atoms with E-state index in [1.165, 1.54) is 12.8 Å². The normalized spacial score (nSPS) is 12.6. The van der Waals surface area contributed by atoms with E-state index < -0.39 is 0 Å². The lowest BCUT2D eigenvalue weighted by Crippen LogP contribution is -2.08. The lowest BCUT2D eigenvalue weighted by Gasteiger charge is -2.12. The van der Waals surface area contributed by atoms with Gasteiger partial charge in [-0.15, -0.1) is 0 Å². The number of benzene rings is 3. The lowest BCUT2D eigenvalue weighted by atomic mass is 9.99. The number of rotatable bonds is 11. The summed E-state index contributed by atoms with van der Waals surface area (Å²) in [5.74, 6) is 0.00547. The summed E-state index contributed by atoms with van der Waals surface area (Å²) < 4.78 is 20.6. The predicted octanol–water partition coefficient (Wildman–Crippen LogP) is 8.13. The van der Waals surface area contributed by atoms with Crippen molar-refractivity contribution in [3.63, 3.8) is 0 Å². The van der Waals surface area contributed by atoms with E-state index >= 15 is 0 Å². The van der Waals surface area contributed by atoms with Gasteiger partial charge < -0.3 is 9.84 Å². The molecule has 1 N–H and O–H groups in total. The smallest absolute Gasteiger partial charge is 0.131 e. The van der Waals surface area contributed by atoms with Gasteiger partial charge in [0.15, 0.2) is 0 Å². The molecule has 0 fully saturated rings. The van der Waals surface area contributed by atoms with Crippen molar-refractivity contribution < 1.29 is 14.2 Å². The van der Waals surface area contributed by atoms with Crippen molar-refractivity contribution in [2.24, 2.45) is 0 Å². The van der Waals surface area contributed by atoms with Crippen LogP contribution in [0.25, 0.3) is 28.0 Å². The summed E-state index contributed by atoms with van der Waals surface area (Å²) in [4.78, 5) is 0. The number of aromatic hydroxyl groups is 1. The van der Waals surface area contributed by atoms with Gasteiger partial charge in [0.25, 0.3) is 0 Å². The molecule has 0 radical (unpaired) electrons. The van der Waals surface area contributed by atoms with E-state index in [1.807, 2.05) is 42.5 Å². The summed E-state index contributed by atoms with van der Waals surface area (Å²) in [6, 6.07) is 16.3. The molecule has 0 saturated heterocycles. The lowest BCUT2D eigenvalue weighted by molar-refractivity contribution is 0.0566. The second-order valence-corrected chi connectivity index (χ2v) is 8.21. The van der Waals surface area contributed by atoms with E-state index in [4.69, 9.17) is 4.74 Å². The molecule has 1 unspecified atom stereocenters. The molecule has 0 bridgehead atoms. The molecule has 0 aliphatic heterocycles. The molecule has 3 rings (SSSR count). The summed E-state index contributed by atoms with van der Waals surface area (Å²) in [5.41, 5.74) is 2.29. The zero-order valence-electron chi connectivity index (χ0n) is 18.6. The molecular formula is C28H33FO2. The molecular weight excluding hydrogens is 387 g/mol. The standard InChI is InChI=1S/C28H33FO2/c1-3-4-8-17-31-21(2)9-6-5-7-10-22-11-16-27(28(29)18-22)25-13-12-24-20-26(30)15-14-23(24)19-25/h7,10-16,18-21,30H,3-6,8-9,17H2,1-2H3/b10-7+. The van der Waals surface area contributed by atoms with E-state index in [9.17, 15) is 9.50 Å². The minimum Gasteiger partial charge on any atom is -0.508 e. The fraction of sp³-hybridized carbons (Fsp3) is 0.357. The van der Waals surface area contributed by atoms with Gasteiger partial charge in [-0.2, -0.15) is 0 Å². The van der Waals surface area contributed by atoms with Gasteiger partial charge in [-0.05, 0) is 78.8 Å². The molecule has 2 nitrogen and oxygen atoms in total. The SMILES string of the molecule is CCCCCOC(C)CCC/C=C/c1ccc(-c2ccc3cc(O)ccc3c2)c(F)c1. The molecule has 0 aliphatic rings. The van der Waals surface area contributed by atoms with Crippen molar-refractivity contribution in [3.05, 3.63) is 72.1 Å². The zero-order valence-corrected chi connectivity index (χ0v) is 18.6. The van der Waals surface area contributed by atoms with Crippen LogP contribution in [-0.2, 0) is 4.74 Å². The number of phenolic OH excluding ortho intramolecular Hbond substituents is 1. The quantitative estimate of drug-likeness (QED) is 0.317. The van der Waals surface area contributed by atoms with Crippen LogP contribution in [0.4, 0.5) is 4.39 Å². The van der Waals surface area contributed by atoms with Crippen LogP contribution in [0.5, 0.6) is 5.75 Å². The molecule has 0 saturated carbocycles. The molecule has 0 aromatic heterocycles. The van der Waals surface area contributed by atoms with Gasteiger partial charge in [-0.3, -0.25) is 0 Å². The Balaban J connectivity index is 1.53. The van der Waals surface area contributed by atoms with Crippen LogP contribution in [0.2, 0.25) is 0 Å². The van der Waals surface area contributed by atoms with Crippen LogP contribution in [0.15, 0.2) is 60.7 Å². The highest BCUT2D eigenvalue weighted by molar-refractivity contribution is 5.88. The number of phenols is 1. The molecule has 164 valence electrons. The fourth-order valence-corrected chi connectivity index (χ4v) is 3.73. The van der Waals surface area contributed by atoms with Crippen LogP contribution < -0.4 is 0 Å². The number of allylic oxidation sites excluding steroid dienone is 1. The molecule has 3 aromatic carbocycles. The van der Waals surface area contributed by atoms with Gasteiger partial charge in [0.2, 0.25) is 0 Å². The van der Waals surface area contributed by atoms with Crippen molar-refractivity contribution in [1.82, 2.24) is 0 Å². The van der Waals surface area contributed by atoms with Gasteiger partial charge in [0.1, 0.15) is 11.6 Å². The van der Waals surface area contributed by atoms with Crippen molar-refractivity contribution in [2.75, 3.05) is 6.61 Å². The number of hydrogen-bond acceptors (Lipinski definition) is 2. The zero-order chi connectivity index (χ0) is 22.1. The average molecular weight is 421 g/mol. The molecule has 0 spiro atoms. The predicted molar refractivity (Wildman–Crippen MR) is 129 cm³/mol. The minimum absolute atomic E-state index is 0.227. The number of halogens is 1. The number of unbranched alkanes of at least 4 members (excludes halogenated alkanes) is 3. The topological polar surface area (TPSA) is 29.5 Å². The van der Waals surface area contributed by atoms with Gasteiger partial charge in [0, 0.05) is 12.2 Å². The van der Waals surface area contributed by atoms with Gasteiger partial charge >= 0.3 is 0 Å². The van der Waals surface area contributed by atoms with E-state index in [1.54, 1.807) is 18.2 Å². The maximum atomic E-state index is 14.8. The Morgan fingerprint density at radius 1 is 0.968 bits per heavy atom. The third-order valence-corrected chi connectivity index (χ3v) is 5.57. The number of hydrogen-bond donors (Lipinski definition) is 1. The second-order valence-electron chi connectivity index (χ2n) is 8.21. The molecule has 0 amide bonds. The first-order chi connectivity index (χ1) is 15.1. The maximum Gasteiger partial charge on any atom is 0.131 e. The monoisotopic (exact) mass is 420 g/mol. The van der Waals surface area contributed by atoms with Crippen LogP contribution in [0.3, 0.4) is 0 Å². The van der Waals surface area contributed by atoms with Crippen molar-refractivity contribution in [3.8, 4) is 16.9 Å². The number of ether oxygens (including phenoxy) is 1. The van der Waals surface area contributed by atoms with Crippen LogP contribution >= 0.6 is 0 Å². The van der Waals surface area contributed by atoms with Crippen LogP contribution in [0, 0.1) is 5.82 Å². The largest absolute Gasteiger partial charge is 0.508 e. The Kier molecular flexibility index (Phi) is 8.66. The molecule has 0 heterocycles. The summed E-state index contributed by atoms with van der Waals surface area (Å²) in [6.45, 7) is 5.20. The first kappa shape index (κ1) is 23.0. The average Bonchev–Trinajstić information content (AvgIpc) is 2.76. The van der Waals surface area contributed by atoms with E-state index in [0.29, 0.717) is 11.7 Å². The molecule has 0 aliphatic carbocycles. The highest BCUT2D eigenvalue weighted by Gasteiger charge is 2.07. The first-order valence-electron chi connectivity index (χ1n) is 11.4. The summed E-state index contributed by atoms with van der Waals surface area (Å²) in [5, 5.41) is 11.5. The molecule has 3 heteroatoms. The van der Waals surface area contributed by atoms with E-state index in [2.05, 4.69) is 19.9 Å². The Morgan fingerprint density at radius 2 is 1.77 bits per heavy atom. The van der Waals surface area contributed by atoms with Gasteiger partial charge in [-0.1, -0.05) is 62.2 Å². The summed E-state index contributed by atoms with van der Waals surface area (Å²) in [6.07, 6.45) is 11.1. The van der Waals surface area contributed by atoms with Crippen LogP contribution in [0.1, 0.15) is 57.9 Å². The Morgan fingerprint density at radius 3 is 2.58 bits per heavy atom. The van der Waals surface area contributed by atoms with Crippen LogP contribution in [-0.4, -0.2) is 17.8 Å². The first-order valence-corrected chi connectivity index (χ1v) is 11.4. The molecule has 31 heavy (non-hydrogen) atoms. The minimum atomic E-state index is -0.227. The third-order valence-electron chi connectivity index (χ3n) is 5.57. The Labute approximate surface area is 185 Å². The Hall–Kier alpha value is -2.65. The van der Waals surface area contributed by atoms with Gasteiger partial charge in [-0.25, -0.2) is 4.39 Å². The van der Waals surface area contributed by atoms with Gasteiger partial charge in [0.05, 0.1) is 6.10 Å². The summed E-state index contributed by atoms with van der Waals surface area (Å²) >= 11 is 0. The van der Waals surface area contributed by atoms with E-state index in [-0.39, 0.29) is 11.6 Å². The fourth-order valence-electron chi connectivity index (χ4n) is 3.73. The highest BCUT2D eigenvalue weighted by Crippen LogP contribution is 2.29. The molecule has 3 aromatic rings. The maximum absolute atomic E-state index is 14.8.